The van der Waals surface area contributed by atoms with E-state index in [0.29, 0.717) is 0 Å². The smallest absolute Gasteiger partial charge is 0.00671 e. The van der Waals surface area contributed by atoms with Gasteiger partial charge in [0.15, 0.2) is 0 Å². The lowest BCUT2D eigenvalue weighted by Crippen LogP contribution is -2.34. The monoisotopic (exact) mass is 253 g/mol. The van der Waals surface area contributed by atoms with Crippen LogP contribution in [0, 0.1) is 11.8 Å². The first-order chi connectivity index (χ1) is 8.70. The molecule has 1 unspecified atom stereocenters. The second-order valence-corrected chi connectivity index (χ2v) is 6.73. The van der Waals surface area contributed by atoms with Gasteiger partial charge in [0.25, 0.3) is 0 Å². The Morgan fingerprint density at radius 2 is 1.22 bits per heavy atom. The SMILES string of the molecule is CC(C)C(C)CNC1CCCCCCCCCC1. The molecular formula is C17H35N. The summed E-state index contributed by atoms with van der Waals surface area (Å²) in [5.74, 6) is 1.61. The molecule has 1 nitrogen and oxygen atoms in total. The van der Waals surface area contributed by atoms with Crippen molar-refractivity contribution >= 4 is 0 Å². The summed E-state index contributed by atoms with van der Waals surface area (Å²) in [6.45, 7) is 8.26. The second kappa shape index (κ2) is 9.83. The molecule has 0 saturated heterocycles. The maximum Gasteiger partial charge on any atom is 0.00671 e. The number of nitrogens with one attached hydrogen (secondary N) is 1. The molecule has 1 rings (SSSR count). The molecule has 1 atom stereocenters. The van der Waals surface area contributed by atoms with Crippen molar-refractivity contribution in [2.75, 3.05) is 6.54 Å². The molecule has 1 aliphatic rings. The highest BCUT2D eigenvalue weighted by molar-refractivity contribution is 4.71. The highest BCUT2D eigenvalue weighted by Crippen LogP contribution is 2.17. The van der Waals surface area contributed by atoms with Crippen molar-refractivity contribution < 1.29 is 0 Å². The fraction of sp³-hybridized carbons (Fsp3) is 1.00. The van der Waals surface area contributed by atoms with Crippen molar-refractivity contribution in [3.8, 4) is 0 Å². The molecule has 0 heterocycles. The molecule has 1 heteroatoms. The van der Waals surface area contributed by atoms with Crippen LogP contribution in [-0.4, -0.2) is 12.6 Å². The summed E-state index contributed by atoms with van der Waals surface area (Å²) in [5, 5.41) is 3.84. The third-order valence-corrected chi connectivity index (χ3v) is 4.72. The van der Waals surface area contributed by atoms with Crippen molar-refractivity contribution in [1.29, 1.82) is 0 Å². The van der Waals surface area contributed by atoms with Crippen LogP contribution >= 0.6 is 0 Å². The summed E-state index contributed by atoms with van der Waals surface area (Å²) in [6.07, 6.45) is 14.5. The standard InChI is InChI=1S/C17H35N/c1-15(2)16(3)14-18-17-12-10-8-6-4-5-7-9-11-13-17/h15-18H,4-14H2,1-3H3. The summed E-state index contributed by atoms with van der Waals surface area (Å²) in [7, 11) is 0. The fourth-order valence-electron chi connectivity index (χ4n) is 2.78. The van der Waals surface area contributed by atoms with E-state index < -0.39 is 0 Å². The summed E-state index contributed by atoms with van der Waals surface area (Å²) < 4.78 is 0. The van der Waals surface area contributed by atoms with Gasteiger partial charge in [-0.3, -0.25) is 0 Å². The molecule has 18 heavy (non-hydrogen) atoms. The van der Waals surface area contributed by atoms with Crippen LogP contribution in [0.3, 0.4) is 0 Å². The minimum Gasteiger partial charge on any atom is -0.314 e. The molecule has 108 valence electrons. The van der Waals surface area contributed by atoms with Gasteiger partial charge in [0.05, 0.1) is 0 Å². The first kappa shape index (κ1) is 16.0. The third kappa shape index (κ3) is 7.41. The Balaban J connectivity index is 2.25. The van der Waals surface area contributed by atoms with Crippen LogP contribution in [0.15, 0.2) is 0 Å². The van der Waals surface area contributed by atoms with Gasteiger partial charge in [-0.2, -0.15) is 0 Å². The lowest BCUT2D eigenvalue weighted by Gasteiger charge is -2.23. The Kier molecular flexibility index (Phi) is 8.75. The minimum absolute atomic E-state index is 0.796. The Labute approximate surface area is 115 Å². The molecule has 0 spiro atoms. The van der Waals surface area contributed by atoms with Gasteiger partial charge in [-0.15, -0.1) is 0 Å². The lowest BCUT2D eigenvalue weighted by molar-refractivity contribution is 0.342. The van der Waals surface area contributed by atoms with Gasteiger partial charge >= 0.3 is 0 Å². The van der Waals surface area contributed by atoms with Crippen molar-refractivity contribution in [3.63, 3.8) is 0 Å². The molecule has 0 aromatic rings. The Morgan fingerprint density at radius 1 is 0.778 bits per heavy atom. The predicted molar refractivity (Wildman–Crippen MR) is 82.0 cm³/mol. The quantitative estimate of drug-likeness (QED) is 0.730. The molecule has 0 bridgehead atoms. The van der Waals surface area contributed by atoms with Crippen LogP contribution in [0.4, 0.5) is 0 Å². The first-order valence-electron chi connectivity index (χ1n) is 8.43. The average molecular weight is 253 g/mol. The summed E-state index contributed by atoms with van der Waals surface area (Å²) in [6, 6.07) is 0.796. The molecular weight excluding hydrogens is 218 g/mol. The van der Waals surface area contributed by atoms with E-state index in [4.69, 9.17) is 0 Å². The Bertz CT molecular complexity index is 176. The number of hydrogen-bond acceptors (Lipinski definition) is 1. The summed E-state index contributed by atoms with van der Waals surface area (Å²) >= 11 is 0. The topological polar surface area (TPSA) is 12.0 Å². The molecule has 1 fully saturated rings. The summed E-state index contributed by atoms with van der Waals surface area (Å²) in [5.41, 5.74) is 0. The Morgan fingerprint density at radius 3 is 1.67 bits per heavy atom. The van der Waals surface area contributed by atoms with Gasteiger partial charge in [-0.25, -0.2) is 0 Å². The van der Waals surface area contributed by atoms with E-state index in [2.05, 4.69) is 26.1 Å². The van der Waals surface area contributed by atoms with Crippen molar-refractivity contribution in [3.05, 3.63) is 0 Å². The van der Waals surface area contributed by atoms with E-state index in [1.165, 1.54) is 70.8 Å². The van der Waals surface area contributed by atoms with E-state index in [1.54, 1.807) is 0 Å². The molecule has 1 saturated carbocycles. The molecule has 0 aromatic carbocycles. The highest BCUT2D eigenvalue weighted by atomic mass is 14.9. The van der Waals surface area contributed by atoms with E-state index in [9.17, 15) is 0 Å². The average Bonchev–Trinajstić information content (AvgIpc) is 2.41. The highest BCUT2D eigenvalue weighted by Gasteiger charge is 2.12. The Hall–Kier alpha value is -0.0400. The first-order valence-corrected chi connectivity index (χ1v) is 8.43. The molecule has 0 aromatic heterocycles. The van der Waals surface area contributed by atoms with E-state index in [0.717, 1.165) is 17.9 Å². The normalized spacial score (nSPS) is 22.7. The van der Waals surface area contributed by atoms with E-state index in [1.807, 2.05) is 0 Å². The zero-order chi connectivity index (χ0) is 13.2. The van der Waals surface area contributed by atoms with Crippen LogP contribution in [0.5, 0.6) is 0 Å². The zero-order valence-electron chi connectivity index (χ0n) is 13.0. The van der Waals surface area contributed by atoms with Crippen LogP contribution in [0.2, 0.25) is 0 Å². The number of rotatable bonds is 4. The van der Waals surface area contributed by atoms with Gasteiger partial charge in [0.2, 0.25) is 0 Å². The van der Waals surface area contributed by atoms with Crippen LogP contribution < -0.4 is 5.32 Å². The van der Waals surface area contributed by atoms with Crippen molar-refractivity contribution in [2.45, 2.75) is 91.0 Å². The molecule has 1 aliphatic carbocycles. The van der Waals surface area contributed by atoms with Gasteiger partial charge in [0, 0.05) is 6.04 Å². The maximum atomic E-state index is 3.84. The van der Waals surface area contributed by atoms with Gasteiger partial charge in [-0.05, 0) is 31.2 Å². The molecule has 0 aliphatic heterocycles. The van der Waals surface area contributed by atoms with Gasteiger partial charge in [-0.1, -0.05) is 72.1 Å². The van der Waals surface area contributed by atoms with E-state index >= 15 is 0 Å². The second-order valence-electron chi connectivity index (χ2n) is 6.73. The van der Waals surface area contributed by atoms with Gasteiger partial charge < -0.3 is 5.32 Å². The maximum absolute atomic E-state index is 3.84. The largest absolute Gasteiger partial charge is 0.314 e. The zero-order valence-corrected chi connectivity index (χ0v) is 13.0. The van der Waals surface area contributed by atoms with Crippen molar-refractivity contribution in [1.82, 2.24) is 5.32 Å². The minimum atomic E-state index is 0.796. The number of hydrogen-bond donors (Lipinski definition) is 1. The third-order valence-electron chi connectivity index (χ3n) is 4.72. The van der Waals surface area contributed by atoms with Gasteiger partial charge in [0.1, 0.15) is 0 Å². The van der Waals surface area contributed by atoms with Crippen LogP contribution in [-0.2, 0) is 0 Å². The van der Waals surface area contributed by atoms with Crippen molar-refractivity contribution in [2.24, 2.45) is 11.8 Å². The molecule has 0 amide bonds. The van der Waals surface area contributed by atoms with E-state index in [-0.39, 0.29) is 0 Å². The predicted octanol–water partition coefficient (Wildman–Crippen LogP) is 5.15. The fourth-order valence-corrected chi connectivity index (χ4v) is 2.78. The van der Waals surface area contributed by atoms with Crippen LogP contribution in [0.25, 0.3) is 0 Å². The lowest BCUT2D eigenvalue weighted by atomic mass is 9.96. The summed E-state index contributed by atoms with van der Waals surface area (Å²) in [4.78, 5) is 0. The van der Waals surface area contributed by atoms with Crippen LogP contribution in [0.1, 0.15) is 85.0 Å². The molecule has 1 N–H and O–H groups in total. The molecule has 0 radical (unpaired) electrons.